The first-order valence-corrected chi connectivity index (χ1v) is 11.6. The molecule has 4 aromatic carbocycles. The average Bonchev–Trinajstić information content (AvgIpc) is 3.51. The normalized spacial score (nSPS) is 12.3. The summed E-state index contributed by atoms with van der Waals surface area (Å²) in [6.45, 7) is 3.04. The van der Waals surface area contributed by atoms with Crippen LogP contribution in [0.25, 0.3) is 33.3 Å². The molecule has 0 amide bonds. The van der Waals surface area contributed by atoms with Crippen LogP contribution < -0.4 is 5.32 Å². The topological polar surface area (TPSA) is 55.9 Å². The van der Waals surface area contributed by atoms with Gasteiger partial charge in [0, 0.05) is 39.6 Å². The van der Waals surface area contributed by atoms with Crippen LogP contribution in [0.15, 0.2) is 101 Å². The zero-order chi connectivity index (χ0) is 23.8. The lowest BCUT2D eigenvalue weighted by Crippen LogP contribution is -2.13. The van der Waals surface area contributed by atoms with Gasteiger partial charge in [-0.3, -0.25) is 0 Å². The van der Waals surface area contributed by atoms with Crippen LogP contribution in [0.5, 0.6) is 0 Å². The molecule has 0 saturated carbocycles. The van der Waals surface area contributed by atoms with Crippen LogP contribution in [-0.2, 0) is 6.54 Å². The molecule has 0 aliphatic heterocycles. The minimum absolute atomic E-state index is 0.295. The third kappa shape index (κ3) is 3.83. The van der Waals surface area contributed by atoms with Crippen LogP contribution in [-0.4, -0.2) is 14.8 Å². The summed E-state index contributed by atoms with van der Waals surface area (Å²) < 4.78 is 22.1. The van der Waals surface area contributed by atoms with E-state index in [2.05, 4.69) is 69.5 Å². The lowest BCUT2D eigenvalue weighted by Gasteiger charge is -2.17. The molecular weight excluding hydrogens is 439 g/mol. The number of rotatable bonds is 6. The highest BCUT2D eigenvalue weighted by Gasteiger charge is 2.22. The van der Waals surface area contributed by atoms with Gasteiger partial charge in [-0.1, -0.05) is 48.5 Å². The monoisotopic (exact) mass is 462 g/mol. The molecule has 0 aliphatic carbocycles. The molecular formula is C29H23FN4O. The van der Waals surface area contributed by atoms with E-state index in [0.29, 0.717) is 11.8 Å². The van der Waals surface area contributed by atoms with Crippen molar-refractivity contribution in [3.63, 3.8) is 0 Å². The first kappa shape index (κ1) is 21.1. The number of nitrogens with zero attached hydrogens (tertiary/aromatic N) is 3. The Labute approximate surface area is 201 Å². The maximum Gasteiger partial charge on any atom is 0.247 e. The Morgan fingerprint density at radius 2 is 1.57 bits per heavy atom. The van der Waals surface area contributed by atoms with Gasteiger partial charge >= 0.3 is 0 Å². The standard InChI is InChI=1S/C29H23FN4O/c1-2-34-25-11-7-6-10-23(25)24-18-22(16-17-26(24)34)31-27(19-12-14-21(30)15-13-19)29-33-32-28(35-29)20-8-4-3-5-9-20/h3-18,27,31H,2H2,1H3/t27-/m1/s1. The SMILES string of the molecule is CCn1c2ccccc2c2cc(N[C@H](c3ccc(F)cc3)c3nnc(-c4ccccc4)o3)ccc21. The second-order valence-corrected chi connectivity index (χ2v) is 8.43. The number of hydrogen-bond acceptors (Lipinski definition) is 4. The highest BCUT2D eigenvalue weighted by Crippen LogP contribution is 2.34. The lowest BCUT2D eigenvalue weighted by molar-refractivity contribution is 0.494. The van der Waals surface area contributed by atoms with Crippen molar-refractivity contribution in [3.05, 3.63) is 114 Å². The second kappa shape index (κ2) is 8.72. The number of fused-ring (bicyclic) bond motifs is 3. The van der Waals surface area contributed by atoms with Crippen LogP contribution in [0.2, 0.25) is 0 Å². The minimum Gasteiger partial charge on any atom is -0.418 e. The predicted octanol–water partition coefficient (Wildman–Crippen LogP) is 7.21. The highest BCUT2D eigenvalue weighted by atomic mass is 19.1. The van der Waals surface area contributed by atoms with Crippen molar-refractivity contribution >= 4 is 27.5 Å². The summed E-state index contributed by atoms with van der Waals surface area (Å²) in [6, 6.07) is 30.3. The Morgan fingerprint density at radius 1 is 0.829 bits per heavy atom. The van der Waals surface area contributed by atoms with Crippen molar-refractivity contribution in [3.8, 4) is 11.5 Å². The summed E-state index contributed by atoms with van der Waals surface area (Å²) >= 11 is 0. The molecule has 0 bridgehead atoms. The zero-order valence-electron chi connectivity index (χ0n) is 19.1. The van der Waals surface area contributed by atoms with Gasteiger partial charge in [0.05, 0.1) is 0 Å². The van der Waals surface area contributed by atoms with Gasteiger partial charge in [-0.05, 0) is 61.0 Å². The Bertz CT molecular complexity index is 1620. The molecule has 2 heterocycles. The second-order valence-electron chi connectivity index (χ2n) is 8.43. The summed E-state index contributed by atoms with van der Waals surface area (Å²) in [7, 11) is 0. The smallest absolute Gasteiger partial charge is 0.247 e. The Hall–Kier alpha value is -4.45. The molecule has 2 aromatic heterocycles. The predicted molar refractivity (Wildman–Crippen MR) is 137 cm³/mol. The van der Waals surface area contributed by atoms with Gasteiger partial charge in [-0.15, -0.1) is 10.2 Å². The Morgan fingerprint density at radius 3 is 2.37 bits per heavy atom. The Kier molecular flexibility index (Phi) is 5.26. The number of nitrogens with one attached hydrogen (secondary N) is 1. The minimum atomic E-state index is -0.447. The van der Waals surface area contributed by atoms with E-state index >= 15 is 0 Å². The van der Waals surface area contributed by atoms with E-state index in [0.717, 1.165) is 23.4 Å². The van der Waals surface area contributed by atoms with E-state index in [1.807, 2.05) is 30.3 Å². The molecule has 1 atom stereocenters. The van der Waals surface area contributed by atoms with Gasteiger partial charge in [0.1, 0.15) is 11.9 Å². The number of para-hydroxylation sites is 1. The van der Waals surface area contributed by atoms with Gasteiger partial charge in [-0.2, -0.15) is 0 Å². The van der Waals surface area contributed by atoms with Crippen LogP contribution in [0, 0.1) is 5.82 Å². The fourth-order valence-electron chi connectivity index (χ4n) is 4.64. The number of hydrogen-bond donors (Lipinski definition) is 1. The fourth-order valence-corrected chi connectivity index (χ4v) is 4.64. The highest BCUT2D eigenvalue weighted by molar-refractivity contribution is 6.09. The number of benzene rings is 4. The molecule has 6 rings (SSSR count). The van der Waals surface area contributed by atoms with Gasteiger partial charge in [-0.25, -0.2) is 4.39 Å². The summed E-state index contributed by atoms with van der Waals surface area (Å²) in [5, 5.41) is 14.5. The quantitative estimate of drug-likeness (QED) is 0.284. The molecule has 172 valence electrons. The number of anilines is 1. The summed E-state index contributed by atoms with van der Waals surface area (Å²) in [4.78, 5) is 0. The molecule has 0 spiro atoms. The summed E-state index contributed by atoms with van der Waals surface area (Å²) in [5.74, 6) is 0.555. The van der Waals surface area contributed by atoms with E-state index in [4.69, 9.17) is 4.42 Å². The maximum atomic E-state index is 13.7. The summed E-state index contributed by atoms with van der Waals surface area (Å²) in [5.41, 5.74) is 4.97. The molecule has 0 radical (unpaired) electrons. The van der Waals surface area contributed by atoms with Gasteiger partial charge < -0.3 is 14.3 Å². The van der Waals surface area contributed by atoms with Gasteiger partial charge in [0.25, 0.3) is 0 Å². The molecule has 6 aromatic rings. The van der Waals surface area contributed by atoms with Crippen LogP contribution in [0.3, 0.4) is 0 Å². The van der Waals surface area contributed by atoms with Crippen molar-refractivity contribution in [2.45, 2.75) is 19.5 Å². The maximum absolute atomic E-state index is 13.7. The number of aryl methyl sites for hydroxylation is 1. The third-order valence-electron chi connectivity index (χ3n) is 6.31. The molecule has 1 N–H and O–H groups in total. The molecule has 5 nitrogen and oxygen atoms in total. The van der Waals surface area contributed by atoms with Crippen LogP contribution in [0.1, 0.15) is 24.4 Å². The van der Waals surface area contributed by atoms with E-state index in [1.165, 1.54) is 33.9 Å². The molecule has 0 saturated heterocycles. The average molecular weight is 463 g/mol. The lowest BCUT2D eigenvalue weighted by atomic mass is 10.1. The van der Waals surface area contributed by atoms with Crippen LogP contribution >= 0.6 is 0 Å². The first-order chi connectivity index (χ1) is 17.2. The first-order valence-electron chi connectivity index (χ1n) is 11.6. The molecule has 6 heteroatoms. The van der Waals surface area contributed by atoms with Crippen molar-refractivity contribution in [2.24, 2.45) is 0 Å². The van der Waals surface area contributed by atoms with Crippen molar-refractivity contribution < 1.29 is 8.81 Å². The van der Waals surface area contributed by atoms with E-state index in [-0.39, 0.29) is 5.82 Å². The van der Waals surface area contributed by atoms with E-state index < -0.39 is 6.04 Å². The molecule has 35 heavy (non-hydrogen) atoms. The Balaban J connectivity index is 1.43. The number of aromatic nitrogens is 3. The van der Waals surface area contributed by atoms with E-state index in [9.17, 15) is 4.39 Å². The number of halogens is 1. The van der Waals surface area contributed by atoms with Crippen molar-refractivity contribution in [1.82, 2.24) is 14.8 Å². The largest absolute Gasteiger partial charge is 0.418 e. The summed E-state index contributed by atoms with van der Waals surface area (Å²) in [6.07, 6.45) is 0. The van der Waals surface area contributed by atoms with Crippen molar-refractivity contribution in [2.75, 3.05) is 5.32 Å². The molecule has 0 aliphatic rings. The molecule has 0 unspecified atom stereocenters. The fraction of sp³-hybridized carbons (Fsp3) is 0.103. The van der Waals surface area contributed by atoms with Gasteiger partial charge in [0.2, 0.25) is 11.8 Å². The zero-order valence-corrected chi connectivity index (χ0v) is 19.1. The van der Waals surface area contributed by atoms with Crippen LogP contribution in [0.4, 0.5) is 10.1 Å². The van der Waals surface area contributed by atoms with Crippen molar-refractivity contribution in [1.29, 1.82) is 0 Å². The van der Waals surface area contributed by atoms with Gasteiger partial charge in [0.15, 0.2) is 0 Å². The third-order valence-corrected chi connectivity index (χ3v) is 6.31. The van der Waals surface area contributed by atoms with E-state index in [1.54, 1.807) is 12.1 Å². The molecule has 0 fully saturated rings.